The fraction of sp³-hybridized carbons (Fsp3) is 0.0400. The standard InChI is InChI=1S/C25H17Br2N3O5/c26-16-7-9-18(10-8-16)30-24(33)19(23(32)29-25(30)34)12-15-6-11-21(20(27)13-15)35-14-22(31)28-17-4-2-1-3-5-17/h1-13H,14H2,(H,28,31)(H,29,32,34)/b19-12+. The molecule has 0 spiro atoms. The van der Waals surface area contributed by atoms with E-state index >= 15 is 0 Å². The third-order valence-electron chi connectivity index (χ3n) is 4.87. The first-order valence-electron chi connectivity index (χ1n) is 10.3. The first kappa shape index (κ1) is 24.4. The van der Waals surface area contributed by atoms with E-state index in [2.05, 4.69) is 42.5 Å². The van der Waals surface area contributed by atoms with Crippen molar-refractivity contribution < 1.29 is 23.9 Å². The van der Waals surface area contributed by atoms with Crippen LogP contribution in [0.3, 0.4) is 0 Å². The van der Waals surface area contributed by atoms with E-state index in [1.807, 2.05) is 18.2 Å². The summed E-state index contributed by atoms with van der Waals surface area (Å²) in [4.78, 5) is 50.7. The van der Waals surface area contributed by atoms with Gasteiger partial charge in [0, 0.05) is 10.2 Å². The number of amides is 5. The van der Waals surface area contributed by atoms with Gasteiger partial charge in [0.25, 0.3) is 17.7 Å². The largest absolute Gasteiger partial charge is 0.483 e. The number of rotatable bonds is 6. The highest BCUT2D eigenvalue weighted by Gasteiger charge is 2.36. The summed E-state index contributed by atoms with van der Waals surface area (Å²) in [6.07, 6.45) is 1.38. The molecule has 0 radical (unpaired) electrons. The highest BCUT2D eigenvalue weighted by atomic mass is 79.9. The van der Waals surface area contributed by atoms with E-state index in [1.165, 1.54) is 6.08 Å². The van der Waals surface area contributed by atoms with Crippen molar-refractivity contribution in [3.8, 4) is 5.75 Å². The summed E-state index contributed by atoms with van der Waals surface area (Å²) in [6, 6.07) is 19.6. The number of halogens is 2. The van der Waals surface area contributed by atoms with Crippen LogP contribution in [0.5, 0.6) is 5.75 Å². The fourth-order valence-corrected chi connectivity index (χ4v) is 4.01. The lowest BCUT2D eigenvalue weighted by molar-refractivity contribution is -0.122. The number of ether oxygens (including phenoxy) is 1. The Morgan fingerprint density at radius 2 is 1.69 bits per heavy atom. The normalized spacial score (nSPS) is 14.6. The molecule has 0 unspecified atom stereocenters. The van der Waals surface area contributed by atoms with E-state index < -0.39 is 17.8 Å². The summed E-state index contributed by atoms with van der Waals surface area (Å²) < 4.78 is 6.87. The van der Waals surface area contributed by atoms with Crippen LogP contribution in [0.1, 0.15) is 5.56 Å². The van der Waals surface area contributed by atoms with E-state index in [9.17, 15) is 19.2 Å². The maximum atomic E-state index is 13.0. The molecule has 4 rings (SSSR count). The van der Waals surface area contributed by atoms with E-state index in [4.69, 9.17) is 4.74 Å². The van der Waals surface area contributed by atoms with Crippen molar-refractivity contribution in [3.63, 3.8) is 0 Å². The van der Waals surface area contributed by atoms with Gasteiger partial charge in [0.1, 0.15) is 11.3 Å². The molecule has 2 N–H and O–H groups in total. The predicted octanol–water partition coefficient (Wildman–Crippen LogP) is 4.90. The van der Waals surface area contributed by atoms with E-state index in [0.717, 1.165) is 9.37 Å². The topological polar surface area (TPSA) is 105 Å². The molecular formula is C25H17Br2N3O5. The zero-order chi connectivity index (χ0) is 24.9. The molecule has 1 heterocycles. The molecule has 8 nitrogen and oxygen atoms in total. The Morgan fingerprint density at radius 3 is 2.37 bits per heavy atom. The van der Waals surface area contributed by atoms with Gasteiger partial charge < -0.3 is 10.1 Å². The second-order valence-electron chi connectivity index (χ2n) is 7.33. The van der Waals surface area contributed by atoms with Crippen molar-refractivity contribution in [3.05, 3.63) is 92.9 Å². The summed E-state index contributed by atoms with van der Waals surface area (Å²) in [6.45, 7) is -0.209. The number of nitrogens with one attached hydrogen (secondary N) is 2. The van der Waals surface area contributed by atoms with Crippen LogP contribution in [0, 0.1) is 0 Å². The van der Waals surface area contributed by atoms with Gasteiger partial charge in [0.15, 0.2) is 6.61 Å². The monoisotopic (exact) mass is 597 g/mol. The molecule has 0 atom stereocenters. The lowest BCUT2D eigenvalue weighted by Crippen LogP contribution is -2.54. The molecule has 1 saturated heterocycles. The zero-order valence-corrected chi connectivity index (χ0v) is 21.1. The number of carbonyl (C=O) groups excluding carboxylic acids is 4. The third kappa shape index (κ3) is 5.84. The van der Waals surface area contributed by atoms with Crippen LogP contribution in [-0.2, 0) is 14.4 Å². The number of hydrogen-bond acceptors (Lipinski definition) is 5. The number of urea groups is 1. The van der Waals surface area contributed by atoms with Gasteiger partial charge in [-0.3, -0.25) is 19.7 Å². The van der Waals surface area contributed by atoms with Crippen LogP contribution >= 0.6 is 31.9 Å². The van der Waals surface area contributed by atoms with Gasteiger partial charge in [0.05, 0.1) is 10.2 Å². The molecule has 3 aromatic carbocycles. The Bertz CT molecular complexity index is 1340. The van der Waals surface area contributed by atoms with Gasteiger partial charge in [-0.05, 0) is 76.1 Å². The molecule has 1 fully saturated rings. The summed E-state index contributed by atoms with van der Waals surface area (Å²) in [5, 5.41) is 4.91. The van der Waals surface area contributed by atoms with Crippen LogP contribution in [-0.4, -0.2) is 30.4 Å². The van der Waals surface area contributed by atoms with Crippen LogP contribution in [0.4, 0.5) is 16.2 Å². The predicted molar refractivity (Wildman–Crippen MR) is 138 cm³/mol. The molecular weight excluding hydrogens is 582 g/mol. The van der Waals surface area contributed by atoms with Gasteiger partial charge in [-0.25, -0.2) is 9.69 Å². The maximum absolute atomic E-state index is 13.0. The Balaban J connectivity index is 1.48. The number of anilines is 2. The second-order valence-corrected chi connectivity index (χ2v) is 9.10. The highest BCUT2D eigenvalue weighted by molar-refractivity contribution is 9.10. The average Bonchev–Trinajstić information content (AvgIpc) is 2.83. The van der Waals surface area contributed by atoms with Crippen molar-refractivity contribution in [2.45, 2.75) is 0 Å². The molecule has 0 bridgehead atoms. The van der Waals surface area contributed by atoms with Crippen LogP contribution in [0.15, 0.2) is 87.3 Å². The molecule has 0 saturated carbocycles. The Hall–Kier alpha value is -3.76. The van der Waals surface area contributed by atoms with Crippen LogP contribution in [0.2, 0.25) is 0 Å². The quantitative estimate of drug-likeness (QED) is 0.310. The zero-order valence-electron chi connectivity index (χ0n) is 18.0. The van der Waals surface area contributed by atoms with Gasteiger partial charge in [-0.2, -0.15) is 0 Å². The number of carbonyl (C=O) groups is 4. The molecule has 1 aliphatic rings. The summed E-state index contributed by atoms with van der Waals surface area (Å²) in [7, 11) is 0. The average molecular weight is 599 g/mol. The number of imide groups is 2. The number of nitrogens with zero attached hydrogens (tertiary/aromatic N) is 1. The summed E-state index contributed by atoms with van der Waals surface area (Å²) in [5.41, 5.74) is 1.30. The van der Waals surface area contributed by atoms with Gasteiger partial charge in [-0.15, -0.1) is 0 Å². The van der Waals surface area contributed by atoms with Crippen molar-refractivity contribution in [1.82, 2.24) is 5.32 Å². The Labute approximate surface area is 217 Å². The van der Waals surface area contributed by atoms with Crippen molar-refractivity contribution in [2.75, 3.05) is 16.8 Å². The van der Waals surface area contributed by atoms with E-state index in [0.29, 0.717) is 27.2 Å². The van der Waals surface area contributed by atoms with Crippen LogP contribution in [0.25, 0.3) is 6.08 Å². The third-order valence-corrected chi connectivity index (χ3v) is 6.02. The molecule has 0 aromatic heterocycles. The number of hydrogen-bond donors (Lipinski definition) is 2. The molecule has 0 aliphatic carbocycles. The van der Waals surface area contributed by atoms with Gasteiger partial charge in [0.2, 0.25) is 0 Å². The summed E-state index contributed by atoms with van der Waals surface area (Å²) >= 11 is 6.69. The first-order valence-corrected chi connectivity index (χ1v) is 11.8. The smallest absolute Gasteiger partial charge is 0.335 e. The number of barbiturate groups is 1. The van der Waals surface area contributed by atoms with Crippen molar-refractivity contribution >= 4 is 73.1 Å². The van der Waals surface area contributed by atoms with E-state index in [1.54, 1.807) is 54.6 Å². The second kappa shape index (κ2) is 10.7. The van der Waals surface area contributed by atoms with Crippen molar-refractivity contribution in [1.29, 1.82) is 0 Å². The minimum atomic E-state index is -0.821. The first-order chi connectivity index (χ1) is 16.8. The van der Waals surface area contributed by atoms with E-state index in [-0.39, 0.29) is 18.1 Å². The maximum Gasteiger partial charge on any atom is 0.335 e. The molecule has 5 amide bonds. The lowest BCUT2D eigenvalue weighted by atomic mass is 10.1. The molecule has 35 heavy (non-hydrogen) atoms. The van der Waals surface area contributed by atoms with Crippen molar-refractivity contribution in [2.24, 2.45) is 0 Å². The van der Waals surface area contributed by atoms with Gasteiger partial charge in [-0.1, -0.05) is 40.2 Å². The minimum absolute atomic E-state index is 0.199. The Morgan fingerprint density at radius 1 is 0.971 bits per heavy atom. The number of para-hydroxylation sites is 1. The molecule has 10 heteroatoms. The highest BCUT2D eigenvalue weighted by Crippen LogP contribution is 2.28. The molecule has 1 aliphatic heterocycles. The lowest BCUT2D eigenvalue weighted by Gasteiger charge is -2.26. The number of benzene rings is 3. The summed E-state index contributed by atoms with van der Waals surface area (Å²) in [5.74, 6) is -1.45. The molecule has 3 aromatic rings. The van der Waals surface area contributed by atoms with Crippen LogP contribution < -0.4 is 20.3 Å². The minimum Gasteiger partial charge on any atom is -0.483 e. The SMILES string of the molecule is O=C(COc1ccc(/C=C2\C(=O)NC(=O)N(c3ccc(Br)cc3)C2=O)cc1Br)Nc1ccccc1. The van der Waals surface area contributed by atoms with Gasteiger partial charge >= 0.3 is 6.03 Å². The fourth-order valence-electron chi connectivity index (χ4n) is 3.23. The molecule has 176 valence electrons. The Kier molecular flexibility index (Phi) is 7.42.